The highest BCUT2D eigenvalue weighted by molar-refractivity contribution is 5.94. The Bertz CT molecular complexity index is 837. The lowest BCUT2D eigenvalue weighted by atomic mass is 9.99. The molecule has 1 amide bonds. The van der Waals surface area contributed by atoms with Crippen LogP contribution in [0.4, 0.5) is 0 Å². The summed E-state index contributed by atoms with van der Waals surface area (Å²) in [6, 6.07) is 16.9. The number of fused-ring (bicyclic) bond motifs is 1. The number of nitrogens with one attached hydrogen (secondary N) is 1. The van der Waals surface area contributed by atoms with Crippen molar-refractivity contribution in [2.24, 2.45) is 0 Å². The average Bonchev–Trinajstić information content (AvgIpc) is 2.80. The first-order valence-electron chi connectivity index (χ1n) is 11.2. The summed E-state index contributed by atoms with van der Waals surface area (Å²) in [6.07, 6.45) is 4.51. The minimum absolute atomic E-state index is 0.0222. The normalized spacial score (nSPS) is 20.0. The molecule has 30 heavy (non-hydrogen) atoms. The Labute approximate surface area is 179 Å². The van der Waals surface area contributed by atoms with Crippen LogP contribution >= 0.6 is 0 Å². The molecule has 2 aliphatic rings. The van der Waals surface area contributed by atoms with Gasteiger partial charge in [0.1, 0.15) is 0 Å². The zero-order chi connectivity index (χ0) is 20.8. The van der Waals surface area contributed by atoms with Crippen molar-refractivity contribution in [3.63, 3.8) is 0 Å². The molecule has 5 nitrogen and oxygen atoms in total. The topological polar surface area (TPSA) is 55.8 Å². The average molecular weight is 408 g/mol. The van der Waals surface area contributed by atoms with Crippen LogP contribution in [0, 0.1) is 0 Å². The first-order valence-corrected chi connectivity index (χ1v) is 11.2. The van der Waals surface area contributed by atoms with Crippen molar-refractivity contribution in [1.29, 1.82) is 0 Å². The Morgan fingerprint density at radius 3 is 2.63 bits per heavy atom. The monoisotopic (exact) mass is 407 g/mol. The lowest BCUT2D eigenvalue weighted by molar-refractivity contribution is 0.0849. The summed E-state index contributed by atoms with van der Waals surface area (Å²) in [4.78, 5) is 17.2. The van der Waals surface area contributed by atoms with Gasteiger partial charge < -0.3 is 10.4 Å². The molecule has 160 valence electrons. The van der Waals surface area contributed by atoms with Gasteiger partial charge in [-0.05, 0) is 54.6 Å². The standard InChI is InChI=1S/C25H33N3O2/c29-19-24-7-3-4-14-28(24)16-13-26-25(30)22-10-8-20(9-11-22)17-27-15-12-21-5-1-2-6-23(21)18-27/h1-2,5-6,8-11,24,29H,3-4,7,12-19H2,(H,26,30)/t24-/m1/s1. The first-order chi connectivity index (χ1) is 14.7. The first kappa shape index (κ1) is 21.0. The maximum absolute atomic E-state index is 12.5. The van der Waals surface area contributed by atoms with Crippen LogP contribution in [0.5, 0.6) is 0 Å². The van der Waals surface area contributed by atoms with Gasteiger partial charge in [0.2, 0.25) is 0 Å². The SMILES string of the molecule is O=C(NCCN1CCCC[C@@H]1CO)c1ccc(CN2CCc3ccccc3C2)cc1. The van der Waals surface area contributed by atoms with E-state index in [0.717, 1.165) is 45.6 Å². The van der Waals surface area contributed by atoms with E-state index in [0.29, 0.717) is 12.1 Å². The summed E-state index contributed by atoms with van der Waals surface area (Å²) in [5, 5.41) is 12.5. The fourth-order valence-electron chi connectivity index (χ4n) is 4.69. The highest BCUT2D eigenvalue weighted by atomic mass is 16.3. The Kier molecular flexibility index (Phi) is 7.16. The molecular formula is C25H33N3O2. The zero-order valence-electron chi connectivity index (χ0n) is 17.7. The van der Waals surface area contributed by atoms with Crippen LogP contribution in [-0.2, 0) is 19.5 Å². The van der Waals surface area contributed by atoms with E-state index < -0.39 is 0 Å². The molecule has 4 rings (SSSR count). The molecule has 2 N–H and O–H groups in total. The van der Waals surface area contributed by atoms with E-state index in [1.54, 1.807) is 0 Å². The second-order valence-corrected chi connectivity index (χ2v) is 8.55. The van der Waals surface area contributed by atoms with Crippen molar-refractivity contribution in [3.05, 3.63) is 70.8 Å². The number of hydrogen-bond acceptors (Lipinski definition) is 4. The van der Waals surface area contributed by atoms with Gasteiger partial charge in [0.15, 0.2) is 0 Å². The third-order valence-electron chi connectivity index (χ3n) is 6.48. The van der Waals surface area contributed by atoms with Crippen LogP contribution in [0.25, 0.3) is 0 Å². The molecule has 0 unspecified atom stereocenters. The van der Waals surface area contributed by atoms with Crippen LogP contribution in [0.2, 0.25) is 0 Å². The highest BCUT2D eigenvalue weighted by Gasteiger charge is 2.21. The van der Waals surface area contributed by atoms with Crippen molar-refractivity contribution in [3.8, 4) is 0 Å². The number of aliphatic hydroxyl groups excluding tert-OH is 1. The number of nitrogens with zero attached hydrogens (tertiary/aromatic N) is 2. The minimum atomic E-state index is -0.0222. The van der Waals surface area contributed by atoms with Crippen LogP contribution in [0.15, 0.2) is 48.5 Å². The number of piperidine rings is 1. The van der Waals surface area contributed by atoms with Crippen LogP contribution < -0.4 is 5.32 Å². The van der Waals surface area contributed by atoms with Crippen molar-refractivity contribution in [2.75, 3.05) is 32.8 Å². The van der Waals surface area contributed by atoms with Crippen molar-refractivity contribution in [1.82, 2.24) is 15.1 Å². The molecule has 1 saturated heterocycles. The third kappa shape index (κ3) is 5.28. The predicted molar refractivity (Wildman–Crippen MR) is 119 cm³/mol. The molecule has 2 aliphatic heterocycles. The Morgan fingerprint density at radius 1 is 1.03 bits per heavy atom. The molecule has 0 aliphatic carbocycles. The summed E-state index contributed by atoms with van der Waals surface area (Å²) < 4.78 is 0. The van der Waals surface area contributed by atoms with E-state index in [1.165, 1.54) is 29.5 Å². The Balaban J connectivity index is 1.24. The lowest BCUT2D eigenvalue weighted by Gasteiger charge is -2.34. The third-order valence-corrected chi connectivity index (χ3v) is 6.48. The lowest BCUT2D eigenvalue weighted by Crippen LogP contribution is -2.45. The van der Waals surface area contributed by atoms with Gasteiger partial charge in [-0.25, -0.2) is 0 Å². The molecule has 5 heteroatoms. The predicted octanol–water partition coefficient (Wildman–Crippen LogP) is 2.82. The zero-order valence-corrected chi connectivity index (χ0v) is 17.7. The molecule has 2 aromatic rings. The van der Waals surface area contributed by atoms with E-state index in [4.69, 9.17) is 0 Å². The number of rotatable bonds is 7. The smallest absolute Gasteiger partial charge is 0.251 e. The van der Waals surface area contributed by atoms with Crippen LogP contribution in [-0.4, -0.2) is 59.6 Å². The number of amides is 1. The largest absolute Gasteiger partial charge is 0.395 e. The molecule has 1 fully saturated rings. The molecule has 1 atom stereocenters. The van der Waals surface area contributed by atoms with Gasteiger partial charge in [-0.1, -0.05) is 42.8 Å². The molecule has 0 aromatic heterocycles. The molecule has 2 aromatic carbocycles. The molecule has 0 radical (unpaired) electrons. The molecule has 0 saturated carbocycles. The maximum atomic E-state index is 12.5. The summed E-state index contributed by atoms with van der Waals surface area (Å²) in [6.45, 7) is 5.60. The van der Waals surface area contributed by atoms with Gasteiger partial charge in [-0.3, -0.25) is 14.6 Å². The van der Waals surface area contributed by atoms with Gasteiger partial charge >= 0.3 is 0 Å². The number of hydrogen-bond donors (Lipinski definition) is 2. The summed E-state index contributed by atoms with van der Waals surface area (Å²) in [5.41, 5.74) is 4.85. The van der Waals surface area contributed by atoms with Gasteiger partial charge in [0.25, 0.3) is 5.91 Å². The second kappa shape index (κ2) is 10.2. The number of carbonyl (C=O) groups is 1. The van der Waals surface area contributed by atoms with Crippen LogP contribution in [0.1, 0.15) is 46.3 Å². The van der Waals surface area contributed by atoms with Crippen LogP contribution in [0.3, 0.4) is 0 Å². The number of aliphatic hydroxyl groups is 1. The number of likely N-dealkylation sites (tertiary alicyclic amines) is 1. The molecule has 0 bridgehead atoms. The highest BCUT2D eigenvalue weighted by Crippen LogP contribution is 2.20. The minimum Gasteiger partial charge on any atom is -0.395 e. The molecule has 2 heterocycles. The number of carbonyl (C=O) groups excluding carboxylic acids is 1. The second-order valence-electron chi connectivity index (χ2n) is 8.55. The summed E-state index contributed by atoms with van der Waals surface area (Å²) >= 11 is 0. The van der Waals surface area contributed by atoms with E-state index in [1.807, 2.05) is 12.1 Å². The van der Waals surface area contributed by atoms with E-state index in [-0.39, 0.29) is 18.6 Å². The quantitative estimate of drug-likeness (QED) is 0.741. The van der Waals surface area contributed by atoms with Gasteiger partial charge in [-0.2, -0.15) is 0 Å². The fourth-order valence-corrected chi connectivity index (χ4v) is 4.69. The Hall–Kier alpha value is -2.21. The molecular weight excluding hydrogens is 374 g/mol. The molecule has 0 spiro atoms. The van der Waals surface area contributed by atoms with Gasteiger partial charge in [0.05, 0.1) is 6.61 Å². The maximum Gasteiger partial charge on any atom is 0.251 e. The van der Waals surface area contributed by atoms with Gasteiger partial charge in [-0.15, -0.1) is 0 Å². The van der Waals surface area contributed by atoms with E-state index in [9.17, 15) is 9.90 Å². The van der Waals surface area contributed by atoms with E-state index in [2.05, 4.69) is 51.5 Å². The van der Waals surface area contributed by atoms with Gasteiger partial charge in [0, 0.05) is 44.3 Å². The van der Waals surface area contributed by atoms with Crippen molar-refractivity contribution < 1.29 is 9.90 Å². The fraction of sp³-hybridized carbons (Fsp3) is 0.480. The Morgan fingerprint density at radius 2 is 1.83 bits per heavy atom. The van der Waals surface area contributed by atoms with E-state index >= 15 is 0 Å². The summed E-state index contributed by atoms with van der Waals surface area (Å²) in [7, 11) is 0. The van der Waals surface area contributed by atoms with Crippen molar-refractivity contribution >= 4 is 5.91 Å². The summed E-state index contributed by atoms with van der Waals surface area (Å²) in [5.74, 6) is -0.0222. The number of benzene rings is 2. The van der Waals surface area contributed by atoms with Crippen molar-refractivity contribution in [2.45, 2.75) is 44.8 Å².